The molecule has 28 heavy (non-hydrogen) atoms. The predicted octanol–water partition coefficient (Wildman–Crippen LogP) is 2.46. The topological polar surface area (TPSA) is 79.6 Å². The minimum Gasteiger partial charge on any atom is -0.396 e. The summed E-state index contributed by atoms with van der Waals surface area (Å²) < 4.78 is 0. The summed E-state index contributed by atoms with van der Waals surface area (Å²) >= 11 is 1.60. The monoisotopic (exact) mass is 404 g/mol. The summed E-state index contributed by atoms with van der Waals surface area (Å²) in [6, 6.07) is 2.32. The third-order valence-electron chi connectivity index (χ3n) is 5.88. The van der Waals surface area contributed by atoms with E-state index >= 15 is 0 Å². The fourth-order valence-corrected chi connectivity index (χ4v) is 5.47. The third-order valence-corrected chi connectivity index (χ3v) is 7.05. The van der Waals surface area contributed by atoms with Gasteiger partial charge < -0.3 is 20.2 Å². The first-order valence-electron chi connectivity index (χ1n) is 10.5. The van der Waals surface area contributed by atoms with Crippen molar-refractivity contribution >= 4 is 22.2 Å². The van der Waals surface area contributed by atoms with Crippen molar-refractivity contribution in [1.29, 1.82) is 5.26 Å². The molecule has 0 saturated carbocycles. The molecule has 1 aliphatic heterocycles. The SMILES string of the molecule is CC1CCc2c(sc(NC(=O)CCN3CCN(CCCCO)CC3)c2C#N)C1. The number of carbonyl (C=O) groups excluding carboxylic acids is 1. The standard InChI is InChI=1S/C21H32N4O2S/c1-16-4-5-17-18(15-22)21(28-19(17)14-16)23-20(27)6-8-25-11-9-24(10-12-25)7-2-3-13-26/h16,26H,2-14H2,1H3,(H,23,27). The normalized spacial score (nSPS) is 20.5. The molecule has 3 rings (SSSR count). The maximum absolute atomic E-state index is 12.5. The van der Waals surface area contributed by atoms with Gasteiger partial charge in [-0.15, -0.1) is 11.3 Å². The molecule has 1 saturated heterocycles. The van der Waals surface area contributed by atoms with Crippen molar-refractivity contribution in [2.45, 2.75) is 45.4 Å². The molecule has 1 amide bonds. The van der Waals surface area contributed by atoms with Crippen molar-refractivity contribution in [3.05, 3.63) is 16.0 Å². The van der Waals surface area contributed by atoms with Crippen LogP contribution in [-0.4, -0.2) is 66.7 Å². The maximum Gasteiger partial charge on any atom is 0.226 e. The van der Waals surface area contributed by atoms with E-state index in [-0.39, 0.29) is 12.5 Å². The summed E-state index contributed by atoms with van der Waals surface area (Å²) in [5.41, 5.74) is 1.86. The van der Waals surface area contributed by atoms with Crippen LogP contribution in [0, 0.1) is 17.2 Å². The zero-order chi connectivity index (χ0) is 19.9. The Kier molecular flexibility index (Phi) is 7.86. The van der Waals surface area contributed by atoms with E-state index < -0.39 is 0 Å². The Morgan fingerprint density at radius 3 is 2.64 bits per heavy atom. The van der Waals surface area contributed by atoms with E-state index in [2.05, 4.69) is 28.1 Å². The molecule has 1 aliphatic carbocycles. The lowest BCUT2D eigenvalue weighted by Gasteiger charge is -2.34. The molecular weight excluding hydrogens is 372 g/mol. The summed E-state index contributed by atoms with van der Waals surface area (Å²) in [7, 11) is 0. The minimum atomic E-state index is 0.00789. The van der Waals surface area contributed by atoms with Gasteiger partial charge in [-0.25, -0.2) is 0 Å². The highest BCUT2D eigenvalue weighted by atomic mass is 32.1. The number of aliphatic hydroxyl groups excluding tert-OH is 1. The summed E-state index contributed by atoms with van der Waals surface area (Å²) in [6.07, 6.45) is 5.48. The summed E-state index contributed by atoms with van der Waals surface area (Å²) in [5.74, 6) is 0.664. The van der Waals surface area contributed by atoms with Gasteiger partial charge in [0, 0.05) is 50.6 Å². The number of anilines is 1. The molecule has 0 radical (unpaired) electrons. The Morgan fingerprint density at radius 2 is 1.96 bits per heavy atom. The molecule has 2 heterocycles. The number of nitriles is 1. The molecule has 0 spiro atoms. The molecule has 2 aliphatic rings. The lowest BCUT2D eigenvalue weighted by molar-refractivity contribution is -0.116. The fraction of sp³-hybridized carbons (Fsp3) is 0.714. The van der Waals surface area contributed by atoms with Crippen LogP contribution in [0.4, 0.5) is 5.00 Å². The van der Waals surface area contributed by atoms with Crippen molar-refractivity contribution in [2.24, 2.45) is 5.92 Å². The molecule has 1 aromatic rings. The van der Waals surface area contributed by atoms with Crippen LogP contribution < -0.4 is 5.32 Å². The number of aliphatic hydroxyl groups is 1. The van der Waals surface area contributed by atoms with E-state index in [4.69, 9.17) is 5.11 Å². The highest BCUT2D eigenvalue weighted by Crippen LogP contribution is 2.39. The number of unbranched alkanes of at least 4 members (excludes halogenated alkanes) is 1. The molecule has 2 N–H and O–H groups in total. The molecular formula is C21H32N4O2S. The van der Waals surface area contributed by atoms with E-state index in [0.717, 1.165) is 76.4 Å². The van der Waals surface area contributed by atoms with E-state index in [0.29, 0.717) is 17.9 Å². The molecule has 1 atom stereocenters. The van der Waals surface area contributed by atoms with Crippen LogP contribution in [0.3, 0.4) is 0 Å². The molecule has 7 heteroatoms. The van der Waals surface area contributed by atoms with Crippen molar-refractivity contribution in [2.75, 3.05) is 51.2 Å². The molecule has 0 aromatic carbocycles. The Bertz CT molecular complexity index is 704. The third kappa shape index (κ3) is 5.54. The van der Waals surface area contributed by atoms with Crippen molar-refractivity contribution in [3.8, 4) is 6.07 Å². The Hall–Kier alpha value is -1.46. The van der Waals surface area contributed by atoms with E-state index in [1.165, 1.54) is 10.4 Å². The van der Waals surface area contributed by atoms with Crippen LogP contribution in [0.2, 0.25) is 0 Å². The lowest BCUT2D eigenvalue weighted by Crippen LogP contribution is -2.47. The van der Waals surface area contributed by atoms with Crippen molar-refractivity contribution in [3.63, 3.8) is 0 Å². The van der Waals surface area contributed by atoms with Gasteiger partial charge in [0.15, 0.2) is 0 Å². The van der Waals surface area contributed by atoms with Gasteiger partial charge in [-0.05, 0) is 50.1 Å². The summed E-state index contributed by atoms with van der Waals surface area (Å²) in [6.45, 7) is 8.37. The average Bonchev–Trinajstić information content (AvgIpc) is 3.03. The number of amides is 1. The Morgan fingerprint density at radius 1 is 1.25 bits per heavy atom. The number of hydrogen-bond donors (Lipinski definition) is 2. The first-order chi connectivity index (χ1) is 13.6. The van der Waals surface area contributed by atoms with Gasteiger partial charge in [-0.2, -0.15) is 5.26 Å². The van der Waals surface area contributed by atoms with Crippen LogP contribution in [0.25, 0.3) is 0 Å². The van der Waals surface area contributed by atoms with Gasteiger partial charge in [0.2, 0.25) is 5.91 Å². The zero-order valence-electron chi connectivity index (χ0n) is 16.9. The van der Waals surface area contributed by atoms with Gasteiger partial charge in [-0.3, -0.25) is 4.79 Å². The first kappa shape index (κ1) is 21.3. The van der Waals surface area contributed by atoms with Gasteiger partial charge >= 0.3 is 0 Å². The van der Waals surface area contributed by atoms with Gasteiger partial charge in [-0.1, -0.05) is 6.92 Å². The minimum absolute atomic E-state index is 0.00789. The van der Waals surface area contributed by atoms with Crippen LogP contribution in [0.15, 0.2) is 0 Å². The van der Waals surface area contributed by atoms with Gasteiger partial charge in [0.1, 0.15) is 11.1 Å². The first-order valence-corrected chi connectivity index (χ1v) is 11.3. The number of thiophene rings is 1. The van der Waals surface area contributed by atoms with Crippen LogP contribution >= 0.6 is 11.3 Å². The number of rotatable bonds is 8. The fourth-order valence-electron chi connectivity index (χ4n) is 4.09. The van der Waals surface area contributed by atoms with Crippen LogP contribution in [-0.2, 0) is 17.6 Å². The number of nitrogens with one attached hydrogen (secondary N) is 1. The van der Waals surface area contributed by atoms with Crippen LogP contribution in [0.1, 0.15) is 48.6 Å². The molecule has 1 fully saturated rings. The second-order valence-electron chi connectivity index (χ2n) is 8.08. The summed E-state index contributed by atoms with van der Waals surface area (Å²) in [4.78, 5) is 18.5. The highest BCUT2D eigenvalue weighted by Gasteiger charge is 2.25. The van der Waals surface area contributed by atoms with E-state index in [1.54, 1.807) is 11.3 Å². The average molecular weight is 405 g/mol. The largest absolute Gasteiger partial charge is 0.396 e. The molecule has 0 bridgehead atoms. The van der Waals surface area contributed by atoms with Crippen molar-refractivity contribution < 1.29 is 9.90 Å². The van der Waals surface area contributed by atoms with Gasteiger partial charge in [0.05, 0.1) is 5.56 Å². The number of piperazine rings is 1. The smallest absolute Gasteiger partial charge is 0.226 e. The lowest BCUT2D eigenvalue weighted by atomic mass is 9.89. The van der Waals surface area contributed by atoms with E-state index in [1.807, 2.05) is 0 Å². The molecule has 1 aromatic heterocycles. The number of nitrogens with zero attached hydrogens (tertiary/aromatic N) is 3. The van der Waals surface area contributed by atoms with Crippen molar-refractivity contribution in [1.82, 2.24) is 9.80 Å². The Balaban J connectivity index is 1.44. The predicted molar refractivity (Wildman–Crippen MR) is 113 cm³/mol. The number of carbonyl (C=O) groups is 1. The summed E-state index contributed by atoms with van der Waals surface area (Å²) in [5, 5.41) is 22.2. The van der Waals surface area contributed by atoms with E-state index in [9.17, 15) is 10.1 Å². The second-order valence-corrected chi connectivity index (χ2v) is 9.19. The number of fused-ring (bicyclic) bond motifs is 1. The second kappa shape index (κ2) is 10.4. The zero-order valence-corrected chi connectivity index (χ0v) is 17.7. The molecule has 1 unspecified atom stereocenters. The quantitative estimate of drug-likeness (QED) is 0.651. The van der Waals surface area contributed by atoms with Gasteiger partial charge in [0.25, 0.3) is 0 Å². The Labute approximate surface area is 172 Å². The number of hydrogen-bond acceptors (Lipinski definition) is 6. The molecule has 6 nitrogen and oxygen atoms in total. The molecule has 154 valence electrons. The van der Waals surface area contributed by atoms with Crippen LogP contribution in [0.5, 0.6) is 0 Å². The highest BCUT2D eigenvalue weighted by molar-refractivity contribution is 7.16. The maximum atomic E-state index is 12.5.